The van der Waals surface area contributed by atoms with Crippen LogP contribution < -0.4 is 18.9 Å². The van der Waals surface area contributed by atoms with Crippen molar-refractivity contribution in [3.63, 3.8) is 0 Å². The lowest BCUT2D eigenvalue weighted by Crippen LogP contribution is -2.27. The molecule has 2 rings (SSSR count). The first-order valence-corrected chi connectivity index (χ1v) is 11.1. The van der Waals surface area contributed by atoms with Gasteiger partial charge in [-0.1, -0.05) is 6.07 Å². The summed E-state index contributed by atoms with van der Waals surface area (Å²) in [6.07, 6.45) is 0. The monoisotopic (exact) mass is 505 g/mol. The molecule has 8 heteroatoms. The highest BCUT2D eigenvalue weighted by molar-refractivity contribution is 14.1. The first kappa shape index (κ1) is 21.8. The van der Waals surface area contributed by atoms with E-state index in [9.17, 15) is 8.42 Å². The van der Waals surface area contributed by atoms with E-state index < -0.39 is 16.1 Å². The van der Waals surface area contributed by atoms with Crippen molar-refractivity contribution in [2.45, 2.75) is 31.7 Å². The van der Waals surface area contributed by atoms with Crippen LogP contribution in [-0.4, -0.2) is 28.7 Å². The van der Waals surface area contributed by atoms with E-state index in [1.54, 1.807) is 38.3 Å². The van der Waals surface area contributed by atoms with Gasteiger partial charge in [-0.15, -0.1) is 0 Å². The summed E-state index contributed by atoms with van der Waals surface area (Å²) in [4.78, 5) is 0.190. The van der Waals surface area contributed by atoms with E-state index in [1.165, 1.54) is 6.07 Å². The van der Waals surface area contributed by atoms with Crippen molar-refractivity contribution in [2.24, 2.45) is 0 Å². The smallest absolute Gasteiger partial charge is 0.241 e. The number of hydrogen-bond donors (Lipinski definition) is 1. The van der Waals surface area contributed by atoms with Crippen LogP contribution in [0.15, 0.2) is 41.3 Å². The molecular weight excluding hydrogens is 481 g/mol. The zero-order chi connectivity index (χ0) is 20.0. The van der Waals surface area contributed by atoms with Crippen molar-refractivity contribution >= 4 is 32.6 Å². The average molecular weight is 505 g/mol. The number of methoxy groups -OCH3 is 1. The maximum Gasteiger partial charge on any atom is 0.241 e. The molecule has 1 N–H and O–H groups in total. The quantitative estimate of drug-likeness (QED) is 0.519. The lowest BCUT2D eigenvalue weighted by molar-refractivity contribution is 0.287. The first-order chi connectivity index (χ1) is 12.8. The van der Waals surface area contributed by atoms with E-state index in [1.807, 2.05) is 42.5 Å². The van der Waals surface area contributed by atoms with Crippen molar-refractivity contribution in [1.82, 2.24) is 4.72 Å². The van der Waals surface area contributed by atoms with Gasteiger partial charge in [0.05, 0.1) is 28.8 Å². The molecule has 0 bridgehead atoms. The van der Waals surface area contributed by atoms with Crippen molar-refractivity contribution < 1.29 is 22.6 Å². The molecule has 0 amide bonds. The highest BCUT2D eigenvalue weighted by Crippen LogP contribution is 2.31. The second kappa shape index (κ2) is 9.61. The molecule has 6 nitrogen and oxygen atoms in total. The summed E-state index contributed by atoms with van der Waals surface area (Å²) in [5.41, 5.74) is 0.786. The molecule has 0 spiro atoms. The van der Waals surface area contributed by atoms with Crippen LogP contribution in [0, 0.1) is 3.57 Å². The third-order valence-corrected chi connectivity index (χ3v) is 6.21. The Bertz CT molecular complexity index is 886. The molecule has 2 aromatic rings. The molecule has 0 radical (unpaired) electrons. The molecule has 0 fully saturated rings. The van der Waals surface area contributed by atoms with Gasteiger partial charge in [0, 0.05) is 6.04 Å². The highest BCUT2D eigenvalue weighted by atomic mass is 127. The molecule has 0 aromatic heterocycles. The standard InChI is InChI=1S/C19H24INO5S/c1-5-25-18-9-7-14(11-19(18)26-6-2)13(3)21-27(22,23)15-8-10-17(24-4)16(20)12-15/h7-13,21H,5-6H2,1-4H3/t13-/m0/s1. The molecule has 0 aliphatic rings. The summed E-state index contributed by atoms with van der Waals surface area (Å²) in [6, 6.07) is 9.75. The number of sulfonamides is 1. The third-order valence-electron chi connectivity index (χ3n) is 3.83. The van der Waals surface area contributed by atoms with Gasteiger partial charge in [0.15, 0.2) is 11.5 Å². The van der Waals surface area contributed by atoms with Gasteiger partial charge in [-0.05, 0) is 79.3 Å². The Labute approximate surface area is 174 Å². The van der Waals surface area contributed by atoms with Gasteiger partial charge in [-0.2, -0.15) is 0 Å². The molecule has 0 aliphatic carbocycles. The Hall–Kier alpha value is -1.52. The molecule has 1 atom stereocenters. The maximum absolute atomic E-state index is 12.7. The van der Waals surface area contributed by atoms with Crippen LogP contribution in [0.3, 0.4) is 0 Å². The van der Waals surface area contributed by atoms with Crippen LogP contribution in [-0.2, 0) is 10.0 Å². The number of benzene rings is 2. The molecular formula is C19H24INO5S. The molecule has 0 unspecified atom stereocenters. The minimum atomic E-state index is -3.68. The van der Waals surface area contributed by atoms with Gasteiger partial charge < -0.3 is 14.2 Å². The summed E-state index contributed by atoms with van der Waals surface area (Å²) in [5, 5.41) is 0. The predicted octanol–water partition coefficient (Wildman–Crippen LogP) is 4.14. The molecule has 0 heterocycles. The van der Waals surface area contributed by atoms with Crippen LogP contribution in [0.2, 0.25) is 0 Å². The summed E-state index contributed by atoms with van der Waals surface area (Å²) in [7, 11) is -2.13. The van der Waals surface area contributed by atoms with Crippen LogP contribution >= 0.6 is 22.6 Å². The van der Waals surface area contributed by atoms with Gasteiger partial charge in [0.25, 0.3) is 0 Å². The maximum atomic E-state index is 12.7. The van der Waals surface area contributed by atoms with Crippen LogP contribution in [0.25, 0.3) is 0 Å². The lowest BCUT2D eigenvalue weighted by atomic mass is 10.1. The Morgan fingerprint density at radius 2 is 1.63 bits per heavy atom. The first-order valence-electron chi connectivity index (χ1n) is 8.57. The summed E-state index contributed by atoms with van der Waals surface area (Å²) >= 11 is 2.05. The van der Waals surface area contributed by atoms with Crippen molar-refractivity contribution in [3.8, 4) is 17.2 Å². The van der Waals surface area contributed by atoms with E-state index in [4.69, 9.17) is 14.2 Å². The van der Waals surface area contributed by atoms with Crippen LogP contribution in [0.1, 0.15) is 32.4 Å². The second-order valence-electron chi connectivity index (χ2n) is 5.71. The fourth-order valence-electron chi connectivity index (χ4n) is 2.52. The zero-order valence-electron chi connectivity index (χ0n) is 15.8. The van der Waals surface area contributed by atoms with E-state index in [2.05, 4.69) is 4.72 Å². The fourth-order valence-corrected chi connectivity index (χ4v) is 4.72. The number of halogens is 1. The third kappa shape index (κ3) is 5.49. The van der Waals surface area contributed by atoms with Gasteiger partial charge in [0.1, 0.15) is 5.75 Å². The zero-order valence-corrected chi connectivity index (χ0v) is 18.8. The topological polar surface area (TPSA) is 73.9 Å². The minimum Gasteiger partial charge on any atom is -0.496 e. The fraction of sp³-hybridized carbons (Fsp3) is 0.368. The Balaban J connectivity index is 2.26. The highest BCUT2D eigenvalue weighted by Gasteiger charge is 2.20. The Morgan fingerprint density at radius 1 is 1.00 bits per heavy atom. The van der Waals surface area contributed by atoms with Gasteiger partial charge in [-0.25, -0.2) is 13.1 Å². The number of rotatable bonds is 9. The minimum absolute atomic E-state index is 0.190. The molecule has 0 saturated carbocycles. The molecule has 0 aliphatic heterocycles. The summed E-state index contributed by atoms with van der Waals surface area (Å²) in [5.74, 6) is 1.88. The van der Waals surface area contributed by atoms with Crippen LogP contribution in [0.4, 0.5) is 0 Å². The Morgan fingerprint density at radius 3 is 2.22 bits per heavy atom. The number of hydrogen-bond acceptors (Lipinski definition) is 5. The molecule has 2 aromatic carbocycles. The number of nitrogens with one attached hydrogen (secondary N) is 1. The van der Waals surface area contributed by atoms with Crippen LogP contribution in [0.5, 0.6) is 17.2 Å². The second-order valence-corrected chi connectivity index (χ2v) is 8.59. The largest absolute Gasteiger partial charge is 0.496 e. The molecule has 27 heavy (non-hydrogen) atoms. The predicted molar refractivity (Wildman–Crippen MR) is 113 cm³/mol. The van der Waals surface area contributed by atoms with Crippen molar-refractivity contribution in [1.29, 1.82) is 0 Å². The van der Waals surface area contributed by atoms with Gasteiger partial charge in [0.2, 0.25) is 10.0 Å². The van der Waals surface area contributed by atoms with Gasteiger partial charge in [-0.3, -0.25) is 0 Å². The summed E-state index contributed by atoms with van der Waals surface area (Å²) < 4.78 is 45.3. The van der Waals surface area contributed by atoms with E-state index in [0.29, 0.717) is 30.5 Å². The molecule has 148 valence electrons. The van der Waals surface area contributed by atoms with E-state index in [-0.39, 0.29) is 4.90 Å². The van der Waals surface area contributed by atoms with Crippen molar-refractivity contribution in [2.75, 3.05) is 20.3 Å². The number of ether oxygens (including phenoxy) is 3. The van der Waals surface area contributed by atoms with E-state index in [0.717, 1.165) is 9.13 Å². The van der Waals surface area contributed by atoms with E-state index >= 15 is 0 Å². The lowest BCUT2D eigenvalue weighted by Gasteiger charge is -2.18. The van der Waals surface area contributed by atoms with Gasteiger partial charge >= 0.3 is 0 Å². The van der Waals surface area contributed by atoms with Crippen molar-refractivity contribution in [3.05, 3.63) is 45.5 Å². The Kier molecular flexibility index (Phi) is 7.75. The SMILES string of the molecule is CCOc1ccc([C@H](C)NS(=O)(=O)c2ccc(OC)c(I)c2)cc1OCC. The average Bonchev–Trinajstić information content (AvgIpc) is 2.63. The normalized spacial score (nSPS) is 12.5. The molecule has 0 saturated heterocycles. The summed E-state index contributed by atoms with van der Waals surface area (Å²) in [6.45, 7) is 6.60.